The maximum absolute atomic E-state index is 9.64. The van der Waals surface area contributed by atoms with Gasteiger partial charge in [-0.1, -0.05) is 6.07 Å². The van der Waals surface area contributed by atoms with Crippen LogP contribution in [0.5, 0.6) is 0 Å². The van der Waals surface area contributed by atoms with Crippen molar-refractivity contribution in [1.82, 2.24) is 9.55 Å². The van der Waals surface area contributed by atoms with Crippen LogP contribution in [0.3, 0.4) is 0 Å². The number of aliphatic hydroxyl groups excluding tert-OH is 1. The van der Waals surface area contributed by atoms with Crippen LogP contribution in [-0.2, 0) is 13.0 Å². The fraction of sp³-hybridized carbons (Fsp3) is 0.312. The van der Waals surface area contributed by atoms with Crippen molar-refractivity contribution in [3.8, 4) is 11.6 Å². The quantitative estimate of drug-likeness (QED) is 0.759. The van der Waals surface area contributed by atoms with E-state index in [0.717, 1.165) is 30.3 Å². The van der Waals surface area contributed by atoms with Crippen LogP contribution in [0.25, 0.3) is 11.6 Å². The topological polar surface area (TPSA) is 51.2 Å². The summed E-state index contributed by atoms with van der Waals surface area (Å²) in [6, 6.07) is 8.02. The number of aromatic nitrogens is 2. The first-order valence-electron chi connectivity index (χ1n) is 6.97. The van der Waals surface area contributed by atoms with Gasteiger partial charge in [0.2, 0.25) is 0 Å². The summed E-state index contributed by atoms with van der Waals surface area (Å²) in [4.78, 5) is 5.67. The third-order valence-electron chi connectivity index (χ3n) is 3.46. The van der Waals surface area contributed by atoms with Crippen LogP contribution in [0.1, 0.15) is 10.6 Å². The molecule has 3 rings (SSSR count). The molecule has 1 atom stereocenters. The van der Waals surface area contributed by atoms with Gasteiger partial charge in [-0.3, -0.25) is 0 Å². The van der Waals surface area contributed by atoms with Gasteiger partial charge in [0.05, 0.1) is 0 Å². The lowest BCUT2D eigenvalue weighted by Crippen LogP contribution is -2.17. The molecule has 3 heterocycles. The summed E-state index contributed by atoms with van der Waals surface area (Å²) in [6.45, 7) is 2.81. The van der Waals surface area contributed by atoms with Crippen LogP contribution >= 0.6 is 11.3 Å². The second-order valence-corrected chi connectivity index (χ2v) is 6.18. The lowest BCUT2D eigenvalue weighted by atomic mass is 10.1. The summed E-state index contributed by atoms with van der Waals surface area (Å²) in [5.74, 6) is 2.63. The Morgan fingerprint density at radius 3 is 2.95 bits per heavy atom. The van der Waals surface area contributed by atoms with Gasteiger partial charge in [-0.05, 0) is 36.9 Å². The third-order valence-corrected chi connectivity index (χ3v) is 4.36. The van der Waals surface area contributed by atoms with Crippen LogP contribution in [0.4, 0.5) is 0 Å². The maximum atomic E-state index is 9.64. The van der Waals surface area contributed by atoms with E-state index in [1.807, 2.05) is 35.9 Å². The molecule has 0 radical (unpaired) electrons. The fourth-order valence-electron chi connectivity index (χ4n) is 2.41. The highest BCUT2D eigenvalue weighted by molar-refractivity contribution is 7.09. The zero-order valence-corrected chi connectivity index (χ0v) is 12.7. The minimum atomic E-state index is 0.159. The lowest BCUT2D eigenvalue weighted by Gasteiger charge is -2.15. The van der Waals surface area contributed by atoms with E-state index in [9.17, 15) is 5.11 Å². The second-order valence-electron chi connectivity index (χ2n) is 5.15. The fourth-order valence-corrected chi connectivity index (χ4v) is 3.24. The van der Waals surface area contributed by atoms with Crippen molar-refractivity contribution in [2.45, 2.75) is 19.9 Å². The molecule has 0 spiro atoms. The number of aryl methyl sites for hydroxylation is 1. The highest BCUT2D eigenvalue weighted by Crippen LogP contribution is 2.22. The van der Waals surface area contributed by atoms with Crippen molar-refractivity contribution in [3.63, 3.8) is 0 Å². The maximum Gasteiger partial charge on any atom is 0.176 e. The average Bonchev–Trinajstić information content (AvgIpc) is 3.19. The van der Waals surface area contributed by atoms with Crippen LogP contribution < -0.4 is 0 Å². The molecule has 1 unspecified atom stereocenters. The Kier molecular flexibility index (Phi) is 4.22. The van der Waals surface area contributed by atoms with Gasteiger partial charge in [-0.2, -0.15) is 0 Å². The minimum absolute atomic E-state index is 0.159. The largest absolute Gasteiger partial charge is 0.458 e. The molecule has 0 aliphatic carbocycles. The number of aliphatic hydroxyl groups is 1. The molecular weight excluding hydrogens is 284 g/mol. The van der Waals surface area contributed by atoms with E-state index in [-0.39, 0.29) is 12.5 Å². The van der Waals surface area contributed by atoms with Crippen LogP contribution in [0.15, 0.2) is 46.5 Å². The summed E-state index contributed by atoms with van der Waals surface area (Å²) in [6.07, 6.45) is 4.58. The average molecular weight is 302 g/mol. The molecule has 4 nitrogen and oxygen atoms in total. The highest BCUT2D eigenvalue weighted by Gasteiger charge is 2.15. The van der Waals surface area contributed by atoms with E-state index in [2.05, 4.69) is 16.4 Å². The smallest absolute Gasteiger partial charge is 0.176 e. The molecule has 0 aliphatic heterocycles. The predicted octanol–water partition coefficient (Wildman–Crippen LogP) is 3.36. The first-order valence-corrected chi connectivity index (χ1v) is 7.85. The van der Waals surface area contributed by atoms with Gasteiger partial charge in [-0.25, -0.2) is 4.98 Å². The van der Waals surface area contributed by atoms with E-state index in [1.165, 1.54) is 4.88 Å². The normalized spacial score (nSPS) is 12.7. The molecular formula is C16H18N2O2S. The number of hydrogen-bond donors (Lipinski definition) is 1. The summed E-state index contributed by atoms with van der Waals surface area (Å²) in [5, 5.41) is 11.7. The summed E-state index contributed by atoms with van der Waals surface area (Å²) < 4.78 is 7.69. The van der Waals surface area contributed by atoms with Crippen LogP contribution in [-0.4, -0.2) is 21.3 Å². The van der Waals surface area contributed by atoms with Gasteiger partial charge < -0.3 is 14.1 Å². The Morgan fingerprint density at radius 2 is 2.29 bits per heavy atom. The monoisotopic (exact) mass is 302 g/mol. The SMILES string of the molecule is Cc1ccc(-c2nccn2CC(CO)Cc2cccs2)o1. The second kappa shape index (κ2) is 6.28. The zero-order chi connectivity index (χ0) is 14.7. The van der Waals surface area contributed by atoms with E-state index < -0.39 is 0 Å². The minimum Gasteiger partial charge on any atom is -0.458 e. The third kappa shape index (κ3) is 3.25. The Balaban J connectivity index is 1.76. The van der Waals surface area contributed by atoms with Crippen molar-refractivity contribution in [3.05, 3.63) is 52.7 Å². The van der Waals surface area contributed by atoms with Gasteiger partial charge in [0, 0.05) is 36.3 Å². The molecule has 0 saturated heterocycles. The molecule has 3 aromatic rings. The number of thiophene rings is 1. The molecule has 1 N–H and O–H groups in total. The Bertz CT molecular complexity index is 685. The number of imidazole rings is 1. The van der Waals surface area contributed by atoms with Crippen molar-refractivity contribution in [2.75, 3.05) is 6.61 Å². The Labute approximate surface area is 127 Å². The van der Waals surface area contributed by atoms with Gasteiger partial charge in [0.25, 0.3) is 0 Å². The Hall–Kier alpha value is -1.85. The van der Waals surface area contributed by atoms with Crippen molar-refractivity contribution >= 4 is 11.3 Å². The Morgan fingerprint density at radius 1 is 1.38 bits per heavy atom. The van der Waals surface area contributed by atoms with Gasteiger partial charge in [0.15, 0.2) is 11.6 Å². The van der Waals surface area contributed by atoms with Crippen molar-refractivity contribution in [1.29, 1.82) is 0 Å². The van der Waals surface area contributed by atoms with Gasteiger partial charge in [0.1, 0.15) is 5.76 Å². The number of nitrogens with zero attached hydrogens (tertiary/aromatic N) is 2. The number of hydrogen-bond acceptors (Lipinski definition) is 4. The zero-order valence-electron chi connectivity index (χ0n) is 11.9. The molecule has 21 heavy (non-hydrogen) atoms. The summed E-state index contributed by atoms with van der Waals surface area (Å²) >= 11 is 1.73. The van der Waals surface area contributed by atoms with Crippen molar-refractivity contribution < 1.29 is 9.52 Å². The molecule has 0 saturated carbocycles. The van der Waals surface area contributed by atoms with E-state index in [4.69, 9.17) is 4.42 Å². The van der Waals surface area contributed by atoms with Gasteiger partial charge >= 0.3 is 0 Å². The molecule has 0 aliphatic rings. The first-order chi connectivity index (χ1) is 10.3. The van der Waals surface area contributed by atoms with E-state index >= 15 is 0 Å². The molecule has 110 valence electrons. The number of furan rings is 1. The molecule has 0 amide bonds. The predicted molar refractivity (Wildman–Crippen MR) is 83.3 cm³/mol. The summed E-state index contributed by atoms with van der Waals surface area (Å²) in [5.41, 5.74) is 0. The first kappa shape index (κ1) is 14.1. The molecule has 3 aromatic heterocycles. The molecule has 5 heteroatoms. The standard InChI is InChI=1S/C16H18N2O2S/c1-12-4-5-15(20-12)16-17-6-7-18(16)10-13(11-19)9-14-3-2-8-21-14/h2-8,13,19H,9-11H2,1H3. The van der Waals surface area contributed by atoms with Gasteiger partial charge in [-0.15, -0.1) is 11.3 Å². The van der Waals surface area contributed by atoms with Crippen LogP contribution in [0.2, 0.25) is 0 Å². The number of rotatable bonds is 6. The highest BCUT2D eigenvalue weighted by atomic mass is 32.1. The molecule has 0 aromatic carbocycles. The van der Waals surface area contributed by atoms with E-state index in [1.54, 1.807) is 17.5 Å². The molecule has 0 bridgehead atoms. The van der Waals surface area contributed by atoms with E-state index in [0.29, 0.717) is 0 Å². The van der Waals surface area contributed by atoms with Crippen LogP contribution in [0, 0.1) is 12.8 Å². The lowest BCUT2D eigenvalue weighted by molar-refractivity contribution is 0.211. The summed E-state index contributed by atoms with van der Waals surface area (Å²) in [7, 11) is 0. The van der Waals surface area contributed by atoms with Crippen molar-refractivity contribution in [2.24, 2.45) is 5.92 Å². The molecule has 0 fully saturated rings.